The van der Waals surface area contributed by atoms with Crippen molar-refractivity contribution in [2.45, 2.75) is 32.0 Å². The summed E-state index contributed by atoms with van der Waals surface area (Å²) >= 11 is 0. The van der Waals surface area contributed by atoms with Gasteiger partial charge in [-0.25, -0.2) is 4.79 Å². The average Bonchev–Trinajstić information content (AvgIpc) is 3.00. The van der Waals surface area contributed by atoms with Gasteiger partial charge in [0.1, 0.15) is 0 Å². The van der Waals surface area contributed by atoms with Crippen LogP contribution in [0.2, 0.25) is 0 Å². The molecule has 23 heavy (non-hydrogen) atoms. The molecule has 2 heterocycles. The molecule has 0 aromatic heterocycles. The van der Waals surface area contributed by atoms with Gasteiger partial charge in [0.05, 0.1) is 11.5 Å². The highest BCUT2D eigenvalue weighted by molar-refractivity contribution is 5.90. The first-order chi connectivity index (χ1) is 10.7. The Morgan fingerprint density at radius 3 is 2.65 bits per heavy atom. The van der Waals surface area contributed by atoms with Gasteiger partial charge in [-0.1, -0.05) is 0 Å². The zero-order valence-corrected chi connectivity index (χ0v) is 12.7. The number of anilines is 1. The number of fused-ring (bicyclic) bond motifs is 1. The summed E-state index contributed by atoms with van der Waals surface area (Å²) in [5.74, 6) is -0.462. The molecule has 1 saturated heterocycles. The van der Waals surface area contributed by atoms with Crippen LogP contribution in [0.15, 0.2) is 18.2 Å². The summed E-state index contributed by atoms with van der Waals surface area (Å²) in [6.45, 7) is 3.06. The number of rotatable bonds is 1. The van der Waals surface area contributed by atoms with Gasteiger partial charge in [0.15, 0.2) is 11.5 Å². The average molecular weight is 330 g/mol. The van der Waals surface area contributed by atoms with E-state index in [9.17, 15) is 18.0 Å². The van der Waals surface area contributed by atoms with Gasteiger partial charge < -0.3 is 19.7 Å². The van der Waals surface area contributed by atoms with Crippen LogP contribution in [0.5, 0.6) is 11.5 Å². The van der Waals surface area contributed by atoms with E-state index in [0.717, 1.165) is 0 Å². The number of hydrogen-bond acceptors (Lipinski definition) is 3. The van der Waals surface area contributed by atoms with Crippen molar-refractivity contribution in [2.75, 3.05) is 18.7 Å². The van der Waals surface area contributed by atoms with E-state index in [-0.39, 0.29) is 19.8 Å². The normalized spacial score (nSPS) is 22.3. The van der Waals surface area contributed by atoms with E-state index in [4.69, 9.17) is 9.47 Å². The van der Waals surface area contributed by atoms with Crippen molar-refractivity contribution in [1.29, 1.82) is 0 Å². The first kappa shape index (κ1) is 15.8. The highest BCUT2D eigenvalue weighted by atomic mass is 19.4. The van der Waals surface area contributed by atoms with Gasteiger partial charge in [0.2, 0.25) is 6.79 Å². The second-order valence-corrected chi connectivity index (χ2v) is 6.19. The molecule has 2 aliphatic heterocycles. The fourth-order valence-corrected chi connectivity index (χ4v) is 3.18. The lowest BCUT2D eigenvalue weighted by Crippen LogP contribution is -2.51. The fourth-order valence-electron chi connectivity index (χ4n) is 3.18. The number of ether oxygens (including phenoxy) is 2. The predicted molar refractivity (Wildman–Crippen MR) is 76.5 cm³/mol. The minimum absolute atomic E-state index is 0.0631. The molecule has 1 aromatic rings. The zero-order valence-electron chi connectivity index (χ0n) is 12.7. The van der Waals surface area contributed by atoms with E-state index in [0.29, 0.717) is 17.2 Å². The topological polar surface area (TPSA) is 50.8 Å². The van der Waals surface area contributed by atoms with Crippen molar-refractivity contribution in [3.8, 4) is 11.5 Å². The minimum atomic E-state index is -4.32. The highest BCUT2D eigenvalue weighted by Crippen LogP contribution is 2.45. The van der Waals surface area contributed by atoms with Crippen molar-refractivity contribution in [3.63, 3.8) is 0 Å². The van der Waals surface area contributed by atoms with Gasteiger partial charge in [-0.3, -0.25) is 0 Å². The van der Waals surface area contributed by atoms with Crippen molar-refractivity contribution in [1.82, 2.24) is 4.90 Å². The number of carbonyl (C=O) groups excluding carboxylic acids is 1. The number of benzene rings is 1. The van der Waals surface area contributed by atoms with Crippen LogP contribution in [0.4, 0.5) is 23.7 Å². The van der Waals surface area contributed by atoms with Crippen LogP contribution in [0.25, 0.3) is 0 Å². The monoisotopic (exact) mass is 330 g/mol. The van der Waals surface area contributed by atoms with Crippen LogP contribution in [-0.4, -0.2) is 36.0 Å². The van der Waals surface area contributed by atoms with Crippen molar-refractivity contribution < 1.29 is 27.4 Å². The summed E-state index contributed by atoms with van der Waals surface area (Å²) in [6, 6.07) is 4.30. The van der Waals surface area contributed by atoms with Gasteiger partial charge in [0, 0.05) is 18.3 Å². The Kier molecular flexibility index (Phi) is 3.57. The zero-order chi connectivity index (χ0) is 16.8. The van der Waals surface area contributed by atoms with Crippen LogP contribution < -0.4 is 14.8 Å². The van der Waals surface area contributed by atoms with E-state index in [2.05, 4.69) is 5.32 Å². The largest absolute Gasteiger partial charge is 0.454 e. The second kappa shape index (κ2) is 5.21. The van der Waals surface area contributed by atoms with Crippen molar-refractivity contribution in [3.05, 3.63) is 18.2 Å². The third kappa shape index (κ3) is 2.77. The smallest absolute Gasteiger partial charge is 0.394 e. The molecule has 0 bridgehead atoms. The SMILES string of the molecule is CC1(C)C(C(F)(F)F)CCN1C(=O)Nc1ccc2c(c1)OCO2. The Morgan fingerprint density at radius 1 is 1.30 bits per heavy atom. The van der Waals surface area contributed by atoms with Gasteiger partial charge in [-0.2, -0.15) is 13.2 Å². The Balaban J connectivity index is 1.74. The molecular weight excluding hydrogens is 313 g/mol. The Bertz CT molecular complexity index is 631. The quantitative estimate of drug-likeness (QED) is 0.856. The number of carbonyl (C=O) groups is 1. The van der Waals surface area contributed by atoms with Crippen molar-refractivity contribution >= 4 is 11.7 Å². The Hall–Kier alpha value is -2.12. The summed E-state index contributed by atoms with van der Waals surface area (Å²) in [5.41, 5.74) is -0.843. The number of likely N-dealkylation sites (tertiary alicyclic amines) is 1. The number of nitrogens with one attached hydrogen (secondary N) is 1. The molecule has 0 saturated carbocycles. The molecule has 126 valence electrons. The molecule has 2 amide bonds. The van der Waals surface area contributed by atoms with Crippen LogP contribution in [0.3, 0.4) is 0 Å². The Morgan fingerprint density at radius 2 is 2.00 bits per heavy atom. The minimum Gasteiger partial charge on any atom is -0.454 e. The molecule has 0 aliphatic carbocycles. The summed E-state index contributed by atoms with van der Waals surface area (Å²) in [6.07, 6.45) is -4.41. The summed E-state index contributed by atoms with van der Waals surface area (Å²) in [4.78, 5) is 13.6. The standard InChI is InChI=1S/C15H17F3N2O3/c1-14(2)12(15(16,17)18)5-6-20(14)13(21)19-9-3-4-10-11(7-9)23-8-22-10/h3-4,7,12H,5-6,8H2,1-2H3,(H,19,21). The molecule has 2 aliphatic rings. The van der Waals surface area contributed by atoms with E-state index in [1.165, 1.54) is 18.7 Å². The van der Waals surface area contributed by atoms with Crippen molar-refractivity contribution in [2.24, 2.45) is 5.92 Å². The molecule has 1 aromatic carbocycles. The molecule has 8 heteroatoms. The maximum atomic E-state index is 13.1. The molecule has 1 fully saturated rings. The first-order valence-corrected chi connectivity index (χ1v) is 7.24. The number of hydrogen-bond donors (Lipinski definition) is 1. The second-order valence-electron chi connectivity index (χ2n) is 6.19. The number of halogens is 3. The molecule has 1 N–H and O–H groups in total. The fraction of sp³-hybridized carbons (Fsp3) is 0.533. The molecular formula is C15H17F3N2O3. The highest BCUT2D eigenvalue weighted by Gasteiger charge is 2.56. The van der Waals surface area contributed by atoms with E-state index < -0.39 is 23.7 Å². The molecule has 0 spiro atoms. The third-order valence-corrected chi connectivity index (χ3v) is 4.45. The molecule has 5 nitrogen and oxygen atoms in total. The summed E-state index contributed by atoms with van der Waals surface area (Å²) in [7, 11) is 0. The number of nitrogens with zero attached hydrogens (tertiary/aromatic N) is 1. The third-order valence-electron chi connectivity index (χ3n) is 4.45. The summed E-state index contributed by atoms with van der Waals surface area (Å²) in [5, 5.41) is 2.63. The van der Waals surface area contributed by atoms with Crippen LogP contribution in [0, 0.1) is 5.92 Å². The lowest BCUT2D eigenvalue weighted by Gasteiger charge is -2.36. The predicted octanol–water partition coefficient (Wildman–Crippen LogP) is 3.61. The van der Waals surface area contributed by atoms with Crippen LogP contribution >= 0.6 is 0 Å². The van der Waals surface area contributed by atoms with Gasteiger partial charge >= 0.3 is 12.2 Å². The van der Waals surface area contributed by atoms with Gasteiger partial charge in [0.25, 0.3) is 0 Å². The van der Waals surface area contributed by atoms with Crippen LogP contribution in [-0.2, 0) is 0 Å². The maximum Gasteiger partial charge on any atom is 0.394 e. The molecule has 0 radical (unpaired) electrons. The van der Waals surface area contributed by atoms with Crippen LogP contribution in [0.1, 0.15) is 20.3 Å². The van der Waals surface area contributed by atoms with E-state index in [1.54, 1.807) is 18.2 Å². The molecule has 3 rings (SSSR count). The maximum absolute atomic E-state index is 13.1. The lowest BCUT2D eigenvalue weighted by molar-refractivity contribution is -0.189. The summed E-state index contributed by atoms with van der Waals surface area (Å²) < 4.78 is 49.6. The number of amides is 2. The van der Waals surface area contributed by atoms with Gasteiger partial charge in [-0.05, 0) is 32.4 Å². The molecule has 1 atom stereocenters. The first-order valence-electron chi connectivity index (χ1n) is 7.24. The van der Waals surface area contributed by atoms with E-state index >= 15 is 0 Å². The van der Waals surface area contributed by atoms with E-state index in [1.807, 2.05) is 0 Å². The molecule has 1 unspecified atom stereocenters. The number of alkyl halides is 3. The number of urea groups is 1. The lowest BCUT2D eigenvalue weighted by atomic mass is 9.88. The Labute approximate surface area is 131 Å². The van der Waals surface area contributed by atoms with Gasteiger partial charge in [-0.15, -0.1) is 0 Å².